The second-order valence-corrected chi connectivity index (χ2v) is 5.26. The minimum absolute atomic E-state index is 0.118. The zero-order chi connectivity index (χ0) is 12.5. The Bertz CT molecular complexity index is 548. The van der Waals surface area contributed by atoms with Crippen molar-refractivity contribution in [3.63, 3.8) is 0 Å². The molecule has 1 N–H and O–H groups in total. The van der Waals surface area contributed by atoms with Crippen LogP contribution < -0.4 is 0 Å². The van der Waals surface area contributed by atoms with Crippen LogP contribution in [0.25, 0.3) is 11.0 Å². The third-order valence-corrected chi connectivity index (χ3v) is 3.78. The summed E-state index contributed by atoms with van der Waals surface area (Å²) in [5.74, 6) is 0.560. The van der Waals surface area contributed by atoms with Crippen LogP contribution in [-0.4, -0.2) is 31.0 Å². The second-order valence-electron chi connectivity index (χ2n) is 4.92. The first-order chi connectivity index (χ1) is 8.72. The highest BCUT2D eigenvalue weighted by molar-refractivity contribution is 6.28. The van der Waals surface area contributed by atoms with Gasteiger partial charge >= 0.3 is 0 Å². The Balaban J connectivity index is 1.80. The average molecular weight is 267 g/mol. The normalized spacial score (nSPS) is 24.6. The molecule has 1 saturated carbocycles. The van der Waals surface area contributed by atoms with E-state index in [4.69, 9.17) is 11.6 Å². The molecule has 1 aliphatic rings. The van der Waals surface area contributed by atoms with Gasteiger partial charge in [-0.2, -0.15) is 10.1 Å². The van der Waals surface area contributed by atoms with Gasteiger partial charge in [-0.25, -0.2) is 9.67 Å². The van der Waals surface area contributed by atoms with Crippen molar-refractivity contribution >= 4 is 22.6 Å². The summed E-state index contributed by atoms with van der Waals surface area (Å²) >= 11 is 5.81. The van der Waals surface area contributed by atoms with Crippen LogP contribution >= 0.6 is 11.6 Å². The molecule has 0 atom stereocenters. The van der Waals surface area contributed by atoms with Crippen molar-refractivity contribution in [3.8, 4) is 0 Å². The lowest BCUT2D eigenvalue weighted by Gasteiger charge is -2.25. The molecule has 96 valence electrons. The fraction of sp³-hybridized carbons (Fsp3) is 0.583. The van der Waals surface area contributed by atoms with Crippen molar-refractivity contribution in [2.75, 3.05) is 0 Å². The Hall–Kier alpha value is -1.20. The first kappa shape index (κ1) is 11.9. The lowest BCUT2D eigenvalue weighted by molar-refractivity contribution is 0.103. The van der Waals surface area contributed by atoms with Crippen LogP contribution in [0.5, 0.6) is 0 Å². The van der Waals surface area contributed by atoms with E-state index in [1.54, 1.807) is 12.4 Å². The summed E-state index contributed by atoms with van der Waals surface area (Å²) in [4.78, 5) is 8.17. The molecule has 0 unspecified atom stereocenters. The largest absolute Gasteiger partial charge is 0.393 e. The van der Waals surface area contributed by atoms with E-state index in [0.717, 1.165) is 43.3 Å². The predicted molar refractivity (Wildman–Crippen MR) is 68.3 cm³/mol. The molecule has 2 aromatic heterocycles. The fourth-order valence-electron chi connectivity index (χ4n) is 2.55. The van der Waals surface area contributed by atoms with Crippen molar-refractivity contribution in [1.82, 2.24) is 19.7 Å². The maximum Gasteiger partial charge on any atom is 0.224 e. The van der Waals surface area contributed by atoms with Crippen molar-refractivity contribution in [1.29, 1.82) is 0 Å². The number of halogens is 1. The van der Waals surface area contributed by atoms with Crippen molar-refractivity contribution in [2.45, 2.75) is 38.3 Å². The Labute approximate surface area is 110 Å². The van der Waals surface area contributed by atoms with Crippen LogP contribution in [0.1, 0.15) is 25.7 Å². The highest BCUT2D eigenvalue weighted by Gasteiger charge is 2.20. The summed E-state index contributed by atoms with van der Waals surface area (Å²) in [6.07, 6.45) is 7.21. The Morgan fingerprint density at radius 3 is 2.83 bits per heavy atom. The summed E-state index contributed by atoms with van der Waals surface area (Å²) in [6, 6.07) is 0. The lowest BCUT2D eigenvalue weighted by Crippen LogP contribution is -2.22. The van der Waals surface area contributed by atoms with Gasteiger partial charge in [-0.3, -0.25) is 0 Å². The number of hydrogen-bond donors (Lipinski definition) is 1. The highest BCUT2D eigenvalue weighted by Crippen LogP contribution is 2.26. The predicted octanol–water partition coefficient (Wildman–Crippen LogP) is 2.03. The molecule has 0 amide bonds. The molecule has 0 spiro atoms. The highest BCUT2D eigenvalue weighted by atomic mass is 35.5. The van der Waals surface area contributed by atoms with E-state index >= 15 is 0 Å². The molecule has 18 heavy (non-hydrogen) atoms. The molecule has 1 aliphatic carbocycles. The van der Waals surface area contributed by atoms with E-state index in [1.807, 2.05) is 4.68 Å². The zero-order valence-electron chi connectivity index (χ0n) is 9.96. The van der Waals surface area contributed by atoms with Gasteiger partial charge in [0, 0.05) is 12.7 Å². The molecular formula is C12H15ClN4O. The molecule has 3 rings (SSSR count). The van der Waals surface area contributed by atoms with E-state index in [-0.39, 0.29) is 11.4 Å². The lowest BCUT2D eigenvalue weighted by atomic mass is 9.87. The topological polar surface area (TPSA) is 63.8 Å². The molecule has 0 aromatic carbocycles. The molecule has 2 aromatic rings. The van der Waals surface area contributed by atoms with Gasteiger partial charge in [0.2, 0.25) is 5.28 Å². The number of hydrogen-bond acceptors (Lipinski definition) is 4. The van der Waals surface area contributed by atoms with E-state index in [9.17, 15) is 5.11 Å². The van der Waals surface area contributed by atoms with Gasteiger partial charge in [0.05, 0.1) is 17.7 Å². The van der Waals surface area contributed by atoms with Gasteiger partial charge in [-0.15, -0.1) is 0 Å². The number of fused-ring (bicyclic) bond motifs is 1. The first-order valence-corrected chi connectivity index (χ1v) is 6.62. The standard InChI is InChI=1S/C12H15ClN4O/c13-12-14-5-9-6-15-17(11(9)16-12)7-8-1-3-10(18)4-2-8/h5-6,8,10,18H,1-4,7H2/t8-,10-. The average Bonchev–Trinajstić information content (AvgIpc) is 2.75. The van der Waals surface area contributed by atoms with Crippen LogP contribution in [0, 0.1) is 5.92 Å². The van der Waals surface area contributed by atoms with E-state index < -0.39 is 0 Å². The maximum atomic E-state index is 9.50. The van der Waals surface area contributed by atoms with Crippen molar-refractivity contribution < 1.29 is 5.11 Å². The van der Waals surface area contributed by atoms with E-state index in [0.29, 0.717) is 5.92 Å². The Morgan fingerprint density at radius 2 is 2.06 bits per heavy atom. The van der Waals surface area contributed by atoms with Crippen LogP contribution in [0.3, 0.4) is 0 Å². The van der Waals surface area contributed by atoms with Gasteiger partial charge in [0.25, 0.3) is 0 Å². The molecule has 1 fully saturated rings. The van der Waals surface area contributed by atoms with Gasteiger partial charge in [-0.1, -0.05) is 0 Å². The quantitative estimate of drug-likeness (QED) is 0.845. The van der Waals surface area contributed by atoms with Gasteiger partial charge in [0.1, 0.15) is 0 Å². The van der Waals surface area contributed by atoms with Crippen molar-refractivity contribution in [2.24, 2.45) is 5.92 Å². The van der Waals surface area contributed by atoms with Gasteiger partial charge in [0.15, 0.2) is 5.65 Å². The summed E-state index contributed by atoms with van der Waals surface area (Å²) in [6.45, 7) is 0.837. The minimum atomic E-state index is -0.118. The monoisotopic (exact) mass is 266 g/mol. The Kier molecular flexibility index (Phi) is 3.18. The Morgan fingerprint density at radius 1 is 1.28 bits per heavy atom. The zero-order valence-corrected chi connectivity index (χ0v) is 10.7. The molecule has 6 heteroatoms. The molecule has 5 nitrogen and oxygen atoms in total. The summed E-state index contributed by atoms with van der Waals surface area (Å²) in [5.41, 5.74) is 0.793. The number of nitrogens with zero attached hydrogens (tertiary/aromatic N) is 4. The summed E-state index contributed by atoms with van der Waals surface area (Å²) in [5, 5.41) is 15.0. The summed E-state index contributed by atoms with van der Waals surface area (Å²) in [7, 11) is 0. The van der Waals surface area contributed by atoms with Crippen LogP contribution in [0.15, 0.2) is 12.4 Å². The molecule has 0 bridgehead atoms. The SMILES string of the molecule is O[C@H]1CC[C@H](Cn2ncc3cnc(Cl)nc32)CC1. The van der Waals surface area contributed by atoms with Crippen LogP contribution in [0.2, 0.25) is 5.28 Å². The van der Waals surface area contributed by atoms with Crippen LogP contribution in [-0.2, 0) is 6.54 Å². The number of aliphatic hydroxyl groups excluding tert-OH is 1. The molecular weight excluding hydrogens is 252 g/mol. The third-order valence-electron chi connectivity index (χ3n) is 3.59. The third kappa shape index (κ3) is 2.33. The first-order valence-electron chi connectivity index (χ1n) is 6.24. The van der Waals surface area contributed by atoms with E-state index in [2.05, 4.69) is 15.1 Å². The number of aromatic nitrogens is 4. The fourth-order valence-corrected chi connectivity index (χ4v) is 2.68. The molecule has 0 radical (unpaired) electrons. The molecule has 0 aliphatic heterocycles. The van der Waals surface area contributed by atoms with Crippen LogP contribution in [0.4, 0.5) is 0 Å². The van der Waals surface area contributed by atoms with Crippen molar-refractivity contribution in [3.05, 3.63) is 17.7 Å². The van der Waals surface area contributed by atoms with E-state index in [1.165, 1.54) is 0 Å². The van der Waals surface area contributed by atoms with Gasteiger partial charge in [-0.05, 0) is 43.2 Å². The molecule has 2 heterocycles. The minimum Gasteiger partial charge on any atom is -0.393 e. The molecule has 0 saturated heterocycles. The van der Waals surface area contributed by atoms with Gasteiger partial charge < -0.3 is 5.11 Å². The second kappa shape index (κ2) is 4.82. The maximum absolute atomic E-state index is 9.50. The number of rotatable bonds is 2. The smallest absolute Gasteiger partial charge is 0.224 e. The number of aliphatic hydroxyl groups is 1. The summed E-state index contributed by atoms with van der Waals surface area (Å²) < 4.78 is 1.89.